The van der Waals surface area contributed by atoms with E-state index in [1.165, 1.54) is 25.1 Å². The van der Waals surface area contributed by atoms with E-state index in [1.807, 2.05) is 6.92 Å². The number of nitrogens with two attached hydrogens (primary N) is 1. The molecule has 1 unspecified atom stereocenters. The van der Waals surface area contributed by atoms with Crippen LogP contribution >= 0.6 is 15.9 Å². The molecule has 8 heteroatoms. The van der Waals surface area contributed by atoms with E-state index in [0.717, 1.165) is 12.8 Å². The third kappa shape index (κ3) is 3.91. The van der Waals surface area contributed by atoms with Crippen LogP contribution in [0, 0.1) is 5.92 Å². The number of pyridine rings is 1. The van der Waals surface area contributed by atoms with Crippen LogP contribution in [-0.2, 0) is 10.0 Å². The first-order valence-corrected chi connectivity index (χ1v) is 8.88. The van der Waals surface area contributed by atoms with Gasteiger partial charge < -0.3 is 5.43 Å². The van der Waals surface area contributed by atoms with E-state index in [1.54, 1.807) is 0 Å². The summed E-state index contributed by atoms with van der Waals surface area (Å²) < 4.78 is 28.3. The molecule has 20 heavy (non-hydrogen) atoms. The van der Waals surface area contributed by atoms with Gasteiger partial charge in [0.2, 0.25) is 10.0 Å². The van der Waals surface area contributed by atoms with Gasteiger partial charge in [-0.15, -0.1) is 0 Å². The molecule has 4 N–H and O–H groups in total. The molecule has 1 heterocycles. The Hall–Kier alpha value is -0.700. The zero-order valence-corrected chi connectivity index (χ0v) is 13.7. The minimum absolute atomic E-state index is 0.0443. The molecule has 0 amide bonds. The predicted molar refractivity (Wildman–Crippen MR) is 81.5 cm³/mol. The first-order chi connectivity index (χ1) is 9.46. The van der Waals surface area contributed by atoms with Gasteiger partial charge in [0.1, 0.15) is 4.90 Å². The van der Waals surface area contributed by atoms with Crippen LogP contribution in [0.1, 0.15) is 32.6 Å². The van der Waals surface area contributed by atoms with Crippen LogP contribution < -0.4 is 16.0 Å². The van der Waals surface area contributed by atoms with Crippen LogP contribution in [0.3, 0.4) is 0 Å². The number of hydrogen-bond donors (Lipinski definition) is 3. The molecule has 1 aromatic rings. The van der Waals surface area contributed by atoms with Crippen molar-refractivity contribution in [3.05, 3.63) is 16.7 Å². The molecule has 1 fully saturated rings. The van der Waals surface area contributed by atoms with Gasteiger partial charge >= 0.3 is 0 Å². The van der Waals surface area contributed by atoms with Crippen LogP contribution in [0.2, 0.25) is 0 Å². The lowest BCUT2D eigenvalue weighted by Gasteiger charge is -2.18. The van der Waals surface area contributed by atoms with E-state index in [4.69, 9.17) is 5.84 Å². The lowest BCUT2D eigenvalue weighted by molar-refractivity contribution is 0.495. The van der Waals surface area contributed by atoms with Crippen molar-refractivity contribution in [3.8, 4) is 0 Å². The maximum absolute atomic E-state index is 12.5. The van der Waals surface area contributed by atoms with E-state index in [-0.39, 0.29) is 16.8 Å². The maximum Gasteiger partial charge on any atom is 0.244 e. The summed E-state index contributed by atoms with van der Waals surface area (Å²) in [5, 5.41) is 0. The first kappa shape index (κ1) is 15.7. The van der Waals surface area contributed by atoms with Crippen molar-refractivity contribution < 1.29 is 8.42 Å². The van der Waals surface area contributed by atoms with Crippen molar-refractivity contribution in [3.63, 3.8) is 0 Å². The highest BCUT2D eigenvalue weighted by molar-refractivity contribution is 9.10. The van der Waals surface area contributed by atoms with Gasteiger partial charge in [0.15, 0.2) is 5.82 Å². The minimum Gasteiger partial charge on any atom is -0.307 e. The van der Waals surface area contributed by atoms with Gasteiger partial charge in [0.25, 0.3) is 0 Å². The van der Waals surface area contributed by atoms with Gasteiger partial charge in [-0.05, 0) is 40.8 Å². The number of anilines is 1. The van der Waals surface area contributed by atoms with Crippen molar-refractivity contribution >= 4 is 31.8 Å². The highest BCUT2D eigenvalue weighted by Gasteiger charge is 2.28. The Balaban J connectivity index is 2.22. The van der Waals surface area contributed by atoms with E-state index < -0.39 is 10.0 Å². The summed E-state index contributed by atoms with van der Waals surface area (Å²) in [6.07, 6.45) is 5.55. The normalized spacial score (nSPS) is 16.9. The molecule has 0 aromatic carbocycles. The molecule has 0 bridgehead atoms. The molecular weight excluding hydrogens is 344 g/mol. The van der Waals surface area contributed by atoms with Crippen LogP contribution in [0.25, 0.3) is 0 Å². The van der Waals surface area contributed by atoms with E-state index >= 15 is 0 Å². The zero-order chi connectivity index (χ0) is 14.8. The molecule has 2 rings (SSSR count). The number of nitrogens with one attached hydrogen (secondary N) is 2. The lowest BCUT2D eigenvalue weighted by atomic mass is 10.1. The van der Waals surface area contributed by atoms with Crippen LogP contribution in [-0.4, -0.2) is 19.4 Å². The maximum atomic E-state index is 12.5. The molecule has 0 saturated heterocycles. The summed E-state index contributed by atoms with van der Waals surface area (Å²) >= 11 is 3.23. The summed E-state index contributed by atoms with van der Waals surface area (Å²) in [5.74, 6) is 6.13. The molecule has 0 radical (unpaired) electrons. The van der Waals surface area contributed by atoms with Gasteiger partial charge in [0, 0.05) is 16.7 Å². The third-order valence-corrected chi connectivity index (χ3v) is 5.34. The van der Waals surface area contributed by atoms with Gasteiger partial charge in [-0.1, -0.05) is 19.8 Å². The molecule has 1 atom stereocenters. The average Bonchev–Trinajstić information content (AvgIpc) is 3.21. The molecule has 1 aliphatic rings. The van der Waals surface area contributed by atoms with Gasteiger partial charge in [-0.3, -0.25) is 0 Å². The van der Waals surface area contributed by atoms with Crippen LogP contribution in [0.15, 0.2) is 21.6 Å². The number of rotatable bonds is 7. The zero-order valence-electron chi connectivity index (χ0n) is 11.3. The molecule has 6 nitrogen and oxygen atoms in total. The number of sulfonamides is 1. The molecule has 1 aromatic heterocycles. The van der Waals surface area contributed by atoms with E-state index in [0.29, 0.717) is 10.4 Å². The quantitative estimate of drug-likeness (QED) is 0.509. The average molecular weight is 363 g/mol. The van der Waals surface area contributed by atoms with Crippen molar-refractivity contribution in [2.45, 2.75) is 43.5 Å². The lowest BCUT2D eigenvalue weighted by Crippen LogP contribution is -2.35. The van der Waals surface area contributed by atoms with Crippen molar-refractivity contribution in [1.29, 1.82) is 0 Å². The fourth-order valence-electron chi connectivity index (χ4n) is 2.07. The number of hydrogen-bond acceptors (Lipinski definition) is 5. The molecule has 1 saturated carbocycles. The molecular formula is C12H19BrN4O2S. The van der Waals surface area contributed by atoms with Gasteiger partial charge in [-0.25, -0.2) is 24.0 Å². The Kier molecular flexibility index (Phi) is 5.00. The van der Waals surface area contributed by atoms with E-state index in [2.05, 4.69) is 31.1 Å². The first-order valence-electron chi connectivity index (χ1n) is 6.60. The van der Waals surface area contributed by atoms with E-state index in [9.17, 15) is 8.42 Å². The van der Waals surface area contributed by atoms with Gasteiger partial charge in [-0.2, -0.15) is 0 Å². The Labute approximate surface area is 127 Å². The highest BCUT2D eigenvalue weighted by atomic mass is 79.9. The number of nitrogen functional groups attached to an aromatic ring is 1. The second kappa shape index (κ2) is 6.38. The topological polar surface area (TPSA) is 97.1 Å². The number of nitrogens with zero attached hydrogens (tertiary/aromatic N) is 1. The predicted octanol–water partition coefficient (Wildman–Crippen LogP) is 1.99. The largest absolute Gasteiger partial charge is 0.307 e. The summed E-state index contributed by atoms with van der Waals surface area (Å²) in [6, 6.07) is 1.45. The standard InChI is InChI=1S/C12H19BrN4O2S/c1-2-10(5-8-3-4-8)17-20(18,19)11-6-9(13)7-15-12(11)16-14/h6-8,10,17H,2-5,14H2,1H3,(H,15,16). The second-order valence-electron chi connectivity index (χ2n) is 5.05. The Morgan fingerprint density at radius 1 is 1.55 bits per heavy atom. The molecule has 1 aliphatic carbocycles. The Morgan fingerprint density at radius 3 is 2.80 bits per heavy atom. The SMILES string of the molecule is CCC(CC1CC1)NS(=O)(=O)c1cc(Br)cnc1NN. The van der Waals surface area contributed by atoms with Crippen molar-refractivity contribution in [2.75, 3.05) is 5.43 Å². The number of hydrazine groups is 1. The molecule has 112 valence electrons. The van der Waals surface area contributed by atoms with Crippen molar-refractivity contribution in [2.24, 2.45) is 11.8 Å². The van der Waals surface area contributed by atoms with Gasteiger partial charge in [0.05, 0.1) is 0 Å². The summed E-state index contributed by atoms with van der Waals surface area (Å²) in [4.78, 5) is 4.03. The fourth-order valence-corrected chi connectivity index (χ4v) is 4.03. The summed E-state index contributed by atoms with van der Waals surface area (Å²) in [5.41, 5.74) is 2.32. The van der Waals surface area contributed by atoms with Crippen LogP contribution in [0.5, 0.6) is 0 Å². The Morgan fingerprint density at radius 2 is 2.25 bits per heavy atom. The smallest absolute Gasteiger partial charge is 0.244 e. The fraction of sp³-hybridized carbons (Fsp3) is 0.583. The summed E-state index contributed by atoms with van der Waals surface area (Å²) in [7, 11) is -3.64. The third-order valence-electron chi connectivity index (χ3n) is 3.37. The minimum atomic E-state index is -3.64. The van der Waals surface area contributed by atoms with Crippen LogP contribution in [0.4, 0.5) is 5.82 Å². The highest BCUT2D eigenvalue weighted by Crippen LogP contribution is 2.34. The molecule has 0 spiro atoms. The number of aromatic nitrogens is 1. The number of halogens is 1. The monoisotopic (exact) mass is 362 g/mol. The Bertz CT molecular complexity index is 575. The molecule has 0 aliphatic heterocycles. The second-order valence-corrected chi connectivity index (χ2v) is 7.65. The van der Waals surface area contributed by atoms with Crippen molar-refractivity contribution in [1.82, 2.24) is 9.71 Å². The summed E-state index contributed by atoms with van der Waals surface area (Å²) in [6.45, 7) is 1.98.